The third-order valence-electron chi connectivity index (χ3n) is 1.36. The van der Waals surface area contributed by atoms with E-state index in [9.17, 15) is 13.6 Å². The van der Waals surface area contributed by atoms with E-state index in [0.29, 0.717) is 0 Å². The minimum absolute atomic E-state index is 0.151. The molecule has 0 aromatic rings. The summed E-state index contributed by atoms with van der Waals surface area (Å²) in [6.07, 6.45) is -2.44. The van der Waals surface area contributed by atoms with Crippen LogP contribution in [0.2, 0.25) is 0 Å². The number of nitrogens with zero attached hydrogens (tertiary/aromatic N) is 1. The van der Waals surface area contributed by atoms with Crippen LogP contribution in [0.3, 0.4) is 0 Å². The van der Waals surface area contributed by atoms with Gasteiger partial charge in [-0.15, -0.1) is 0 Å². The smallest absolute Gasteiger partial charge is 0.255 e. The zero-order valence-electron chi connectivity index (χ0n) is 6.97. The Balaban J connectivity index is 4.01. The third kappa shape index (κ3) is 3.91. The molecule has 0 radical (unpaired) electrons. The zero-order valence-corrected chi connectivity index (χ0v) is 6.97. The number of alkyl halides is 2. The molecule has 4 heteroatoms. The average molecular weight is 165 g/mol. The van der Waals surface area contributed by atoms with Crippen LogP contribution in [-0.4, -0.2) is 29.8 Å². The Morgan fingerprint density at radius 3 is 2.00 bits per heavy atom. The molecule has 0 saturated carbocycles. The third-order valence-corrected chi connectivity index (χ3v) is 1.36. The van der Waals surface area contributed by atoms with Gasteiger partial charge in [-0.1, -0.05) is 0 Å². The Hall–Kier alpha value is -0.670. The lowest BCUT2D eigenvalue weighted by atomic mass is 10.3. The highest BCUT2D eigenvalue weighted by molar-refractivity contribution is 5.73. The predicted octanol–water partition coefficient (Wildman–Crippen LogP) is 1.51. The fourth-order valence-corrected chi connectivity index (χ4v) is 0.852. The van der Waals surface area contributed by atoms with E-state index in [2.05, 4.69) is 0 Å². The molecule has 0 heterocycles. The van der Waals surface area contributed by atoms with Crippen LogP contribution < -0.4 is 0 Å². The zero-order chi connectivity index (χ0) is 9.02. The van der Waals surface area contributed by atoms with Crippen molar-refractivity contribution in [3.8, 4) is 0 Å². The predicted molar refractivity (Wildman–Crippen MR) is 38.5 cm³/mol. The minimum atomic E-state index is -2.44. The maximum Gasteiger partial charge on any atom is 0.255 e. The number of rotatable bonds is 3. The van der Waals surface area contributed by atoms with Crippen molar-refractivity contribution in [3.63, 3.8) is 0 Å². The van der Waals surface area contributed by atoms with E-state index in [0.717, 1.165) is 4.90 Å². The van der Waals surface area contributed by atoms with Crippen LogP contribution in [0.5, 0.6) is 0 Å². The molecule has 1 amide bonds. The van der Waals surface area contributed by atoms with E-state index in [4.69, 9.17) is 0 Å². The monoisotopic (exact) mass is 165 g/mol. The molecule has 0 aliphatic rings. The molecule has 0 saturated heterocycles. The first-order chi connectivity index (χ1) is 4.95. The Bertz CT molecular complexity index is 136. The molecule has 0 N–H and O–H groups in total. The van der Waals surface area contributed by atoms with E-state index in [1.54, 1.807) is 13.8 Å². The Labute approximate surface area is 65.2 Å². The fourth-order valence-electron chi connectivity index (χ4n) is 0.852. The minimum Gasteiger partial charge on any atom is -0.335 e. The van der Waals surface area contributed by atoms with Crippen molar-refractivity contribution in [1.29, 1.82) is 0 Å². The summed E-state index contributed by atoms with van der Waals surface area (Å²) in [6.45, 7) is 4.25. The number of carbonyl (C=O) groups is 1. The summed E-state index contributed by atoms with van der Waals surface area (Å²) in [5.74, 6) is -0.305. The van der Waals surface area contributed by atoms with Gasteiger partial charge in [-0.3, -0.25) is 4.79 Å². The summed E-state index contributed by atoms with van der Waals surface area (Å²) in [6, 6.07) is -0.151. The van der Waals surface area contributed by atoms with Crippen molar-refractivity contribution in [1.82, 2.24) is 4.90 Å². The topological polar surface area (TPSA) is 20.3 Å². The molecule has 0 rings (SSSR count). The van der Waals surface area contributed by atoms with Crippen molar-refractivity contribution < 1.29 is 13.6 Å². The molecular formula is C7H13F2NO. The number of carbonyl (C=O) groups excluding carboxylic acids is 1. The highest BCUT2D eigenvalue weighted by Gasteiger charge is 2.16. The van der Waals surface area contributed by atoms with Crippen molar-refractivity contribution in [2.75, 3.05) is 6.54 Å². The Morgan fingerprint density at radius 2 is 1.91 bits per heavy atom. The van der Waals surface area contributed by atoms with Crippen molar-refractivity contribution >= 4 is 5.91 Å². The van der Waals surface area contributed by atoms with Crippen LogP contribution in [-0.2, 0) is 4.79 Å². The lowest BCUT2D eigenvalue weighted by Crippen LogP contribution is -2.38. The summed E-state index contributed by atoms with van der Waals surface area (Å²) in [5.41, 5.74) is 0. The first kappa shape index (κ1) is 10.3. The highest BCUT2D eigenvalue weighted by atomic mass is 19.3. The summed E-state index contributed by atoms with van der Waals surface area (Å²) in [7, 11) is 0. The highest BCUT2D eigenvalue weighted by Crippen LogP contribution is 2.03. The number of amides is 1. The SMILES string of the molecule is CC(=O)N(CC(F)F)C(C)C. The van der Waals surface area contributed by atoms with Crippen LogP contribution >= 0.6 is 0 Å². The molecule has 11 heavy (non-hydrogen) atoms. The van der Waals surface area contributed by atoms with E-state index < -0.39 is 13.0 Å². The second kappa shape index (κ2) is 4.26. The first-order valence-electron chi connectivity index (χ1n) is 3.50. The van der Waals surface area contributed by atoms with E-state index >= 15 is 0 Å². The molecule has 0 aromatic carbocycles. The molecule has 66 valence electrons. The molecule has 0 unspecified atom stereocenters. The molecular weight excluding hydrogens is 152 g/mol. The number of hydrogen-bond acceptors (Lipinski definition) is 1. The largest absolute Gasteiger partial charge is 0.335 e. The molecule has 2 nitrogen and oxygen atoms in total. The van der Waals surface area contributed by atoms with Gasteiger partial charge in [0.2, 0.25) is 5.91 Å². The quantitative estimate of drug-likeness (QED) is 0.620. The number of hydrogen-bond donors (Lipinski definition) is 0. The van der Waals surface area contributed by atoms with E-state index in [-0.39, 0.29) is 11.9 Å². The molecule has 0 spiro atoms. The summed E-state index contributed by atoms with van der Waals surface area (Å²) in [5, 5.41) is 0. The van der Waals surface area contributed by atoms with Gasteiger partial charge in [0.05, 0.1) is 6.54 Å². The van der Waals surface area contributed by atoms with Gasteiger partial charge in [0, 0.05) is 13.0 Å². The molecule has 0 aliphatic heterocycles. The lowest BCUT2D eigenvalue weighted by molar-refractivity contribution is -0.132. The Morgan fingerprint density at radius 1 is 1.45 bits per heavy atom. The second-order valence-electron chi connectivity index (χ2n) is 2.66. The van der Waals surface area contributed by atoms with Gasteiger partial charge < -0.3 is 4.90 Å². The van der Waals surface area contributed by atoms with Crippen LogP contribution in [0.4, 0.5) is 8.78 Å². The van der Waals surface area contributed by atoms with Gasteiger partial charge >= 0.3 is 0 Å². The average Bonchev–Trinajstić information content (AvgIpc) is 1.81. The van der Waals surface area contributed by atoms with Gasteiger partial charge in [-0.05, 0) is 13.8 Å². The van der Waals surface area contributed by atoms with E-state index in [1.807, 2.05) is 0 Å². The molecule has 0 aromatic heterocycles. The summed E-state index contributed by atoms with van der Waals surface area (Å²) in [4.78, 5) is 11.9. The van der Waals surface area contributed by atoms with Crippen LogP contribution in [0.1, 0.15) is 20.8 Å². The molecule has 0 atom stereocenters. The van der Waals surface area contributed by atoms with Gasteiger partial charge in [0.25, 0.3) is 6.43 Å². The lowest BCUT2D eigenvalue weighted by Gasteiger charge is -2.24. The van der Waals surface area contributed by atoms with Crippen molar-refractivity contribution in [2.45, 2.75) is 33.2 Å². The second-order valence-corrected chi connectivity index (χ2v) is 2.66. The standard InChI is InChI=1S/C7H13F2NO/c1-5(2)10(6(3)11)4-7(8)9/h5,7H,4H2,1-3H3. The van der Waals surface area contributed by atoms with Gasteiger partial charge in [0.15, 0.2) is 0 Å². The molecule has 0 aliphatic carbocycles. The van der Waals surface area contributed by atoms with Crippen LogP contribution in [0.15, 0.2) is 0 Å². The summed E-state index contributed by atoms with van der Waals surface area (Å²) >= 11 is 0. The maximum atomic E-state index is 11.8. The molecule has 0 fully saturated rings. The fraction of sp³-hybridized carbons (Fsp3) is 0.857. The summed E-state index contributed by atoms with van der Waals surface area (Å²) < 4.78 is 23.6. The number of halogens is 2. The van der Waals surface area contributed by atoms with Crippen LogP contribution in [0.25, 0.3) is 0 Å². The maximum absolute atomic E-state index is 11.8. The van der Waals surface area contributed by atoms with Crippen molar-refractivity contribution in [3.05, 3.63) is 0 Å². The Kier molecular flexibility index (Phi) is 4.00. The van der Waals surface area contributed by atoms with Gasteiger partial charge in [0.1, 0.15) is 0 Å². The van der Waals surface area contributed by atoms with Crippen molar-refractivity contribution in [2.24, 2.45) is 0 Å². The van der Waals surface area contributed by atoms with Gasteiger partial charge in [-0.2, -0.15) is 0 Å². The first-order valence-corrected chi connectivity index (χ1v) is 3.50. The van der Waals surface area contributed by atoms with Gasteiger partial charge in [-0.25, -0.2) is 8.78 Å². The normalized spacial score (nSPS) is 10.8. The van der Waals surface area contributed by atoms with Crippen LogP contribution in [0, 0.1) is 0 Å². The molecule has 0 bridgehead atoms. The van der Waals surface area contributed by atoms with E-state index in [1.165, 1.54) is 6.92 Å².